The largest absolute Gasteiger partial charge is 0.309 e. The molecule has 0 aliphatic heterocycles. The maximum atomic E-state index is 10.6. The van der Waals surface area contributed by atoms with Crippen LogP contribution in [-0.2, 0) is 0 Å². The van der Waals surface area contributed by atoms with Gasteiger partial charge in [0.15, 0.2) is 0 Å². The van der Waals surface area contributed by atoms with Gasteiger partial charge in [-0.1, -0.05) is 109 Å². The summed E-state index contributed by atoms with van der Waals surface area (Å²) in [5.41, 5.74) is 15.5. The van der Waals surface area contributed by atoms with Crippen LogP contribution in [0.5, 0.6) is 0 Å². The number of hydrogen-bond acceptors (Lipinski definition) is 2. The van der Waals surface area contributed by atoms with Crippen molar-refractivity contribution in [2.24, 2.45) is 0 Å². The van der Waals surface area contributed by atoms with Crippen LogP contribution in [0.25, 0.3) is 121 Å². The number of fused-ring (bicyclic) bond motifs is 14. The fourth-order valence-electron chi connectivity index (χ4n) is 11.3. The fourth-order valence-corrected chi connectivity index (χ4v) is 11.3. The Morgan fingerprint density at radius 3 is 0.897 bits per heavy atom. The third-order valence-corrected chi connectivity index (χ3v) is 14.0. The van der Waals surface area contributed by atoms with Crippen LogP contribution < -0.4 is 0 Å². The summed E-state index contributed by atoms with van der Waals surface area (Å²) in [5, 5.41) is 30.5. The normalized spacial score (nSPS) is 11.8. The first-order valence-electron chi connectivity index (χ1n) is 22.8. The molecule has 0 aliphatic rings. The van der Waals surface area contributed by atoms with E-state index in [9.17, 15) is 10.5 Å². The lowest BCUT2D eigenvalue weighted by atomic mass is 9.97. The van der Waals surface area contributed by atoms with E-state index in [-0.39, 0.29) is 0 Å². The van der Waals surface area contributed by atoms with Crippen molar-refractivity contribution in [1.29, 1.82) is 10.5 Å². The third kappa shape index (κ3) is 5.20. The second kappa shape index (κ2) is 14.4. The maximum absolute atomic E-state index is 10.6. The van der Waals surface area contributed by atoms with E-state index >= 15 is 0 Å². The molecule has 6 heteroatoms. The molecule has 0 saturated heterocycles. The fraction of sp³-hybridized carbons (Fsp3) is 0. The van der Waals surface area contributed by atoms with E-state index in [2.05, 4.69) is 225 Å². The van der Waals surface area contributed by atoms with Gasteiger partial charge in [-0.05, 0) is 109 Å². The number of hydrogen-bond donors (Lipinski definition) is 0. The summed E-state index contributed by atoms with van der Waals surface area (Å²) < 4.78 is 9.43. The van der Waals surface area contributed by atoms with Gasteiger partial charge < -0.3 is 18.3 Å². The Bertz CT molecular complexity index is 4220. The Hall–Kier alpha value is -9.62. The predicted molar refractivity (Wildman–Crippen MR) is 279 cm³/mol. The van der Waals surface area contributed by atoms with Crippen LogP contribution in [0.15, 0.2) is 218 Å². The van der Waals surface area contributed by atoms with Crippen LogP contribution in [0, 0.1) is 22.7 Å². The van der Waals surface area contributed by atoms with E-state index in [1.165, 1.54) is 21.5 Å². The Labute approximate surface area is 389 Å². The van der Waals surface area contributed by atoms with E-state index in [0.717, 1.165) is 99.6 Å². The van der Waals surface area contributed by atoms with Crippen molar-refractivity contribution in [3.63, 3.8) is 0 Å². The molecular formula is C62H36N6. The van der Waals surface area contributed by atoms with Crippen LogP contribution >= 0.6 is 0 Å². The molecule has 4 aromatic heterocycles. The summed E-state index contributed by atoms with van der Waals surface area (Å²) in [6.45, 7) is 0. The Morgan fingerprint density at radius 2 is 0.559 bits per heavy atom. The van der Waals surface area contributed by atoms with E-state index in [4.69, 9.17) is 0 Å². The van der Waals surface area contributed by atoms with Crippen molar-refractivity contribution in [2.45, 2.75) is 0 Å². The molecule has 0 N–H and O–H groups in total. The summed E-state index contributed by atoms with van der Waals surface area (Å²) in [5.74, 6) is 0. The molecule has 0 radical (unpaired) electrons. The average Bonchev–Trinajstić information content (AvgIpc) is 4.13. The number of aromatic nitrogens is 4. The van der Waals surface area contributed by atoms with Gasteiger partial charge in [0.25, 0.3) is 0 Å². The standard InChI is InChI=1S/C62H36N6/c63-37-39-27-29-53(67-51-25-13-9-21-45(51)61-57(67)33-31-55-59(61)43-19-7-11-23-49(43)65(55)41-15-3-1-4-16-41)47(35-39)48-36-40(38-64)28-30-54(48)68-52-26-14-10-22-46(52)62-58(68)34-32-56-60(62)44-20-8-12-24-50(44)66(56)42-17-5-2-6-18-42/h1-36H. The second-order valence-corrected chi connectivity index (χ2v) is 17.5. The topological polar surface area (TPSA) is 67.3 Å². The van der Waals surface area contributed by atoms with Crippen LogP contribution in [-0.4, -0.2) is 18.3 Å². The molecule has 6 nitrogen and oxygen atoms in total. The zero-order chi connectivity index (χ0) is 45.0. The van der Waals surface area contributed by atoms with E-state index < -0.39 is 0 Å². The molecule has 68 heavy (non-hydrogen) atoms. The molecule has 10 aromatic carbocycles. The quantitative estimate of drug-likeness (QED) is 0.173. The Balaban J connectivity index is 1.09. The van der Waals surface area contributed by atoms with E-state index in [1.807, 2.05) is 24.3 Å². The Morgan fingerprint density at radius 1 is 0.265 bits per heavy atom. The monoisotopic (exact) mass is 864 g/mol. The maximum Gasteiger partial charge on any atom is 0.0991 e. The third-order valence-electron chi connectivity index (χ3n) is 14.0. The first-order chi connectivity index (χ1) is 33.7. The van der Waals surface area contributed by atoms with Crippen LogP contribution in [0.2, 0.25) is 0 Å². The summed E-state index contributed by atoms with van der Waals surface area (Å²) in [7, 11) is 0. The molecule has 0 unspecified atom stereocenters. The highest BCUT2D eigenvalue weighted by atomic mass is 15.0. The highest BCUT2D eigenvalue weighted by molar-refractivity contribution is 6.30. The Kier molecular flexibility index (Phi) is 8.01. The number of para-hydroxylation sites is 6. The molecule has 0 saturated carbocycles. The van der Waals surface area contributed by atoms with Crippen LogP contribution in [0.3, 0.4) is 0 Å². The number of benzene rings is 10. The van der Waals surface area contributed by atoms with Gasteiger partial charge in [-0.3, -0.25) is 0 Å². The first-order valence-corrected chi connectivity index (χ1v) is 22.8. The minimum atomic E-state index is 0.531. The van der Waals surface area contributed by atoms with Crippen molar-refractivity contribution in [1.82, 2.24) is 18.3 Å². The number of nitrogens with zero attached hydrogens (tertiary/aromatic N) is 6. The molecule has 0 fully saturated rings. The van der Waals surface area contributed by atoms with Gasteiger partial charge >= 0.3 is 0 Å². The molecule has 14 rings (SSSR count). The lowest BCUT2D eigenvalue weighted by Gasteiger charge is -2.19. The second-order valence-electron chi connectivity index (χ2n) is 17.5. The van der Waals surface area contributed by atoms with Crippen LogP contribution in [0.4, 0.5) is 0 Å². The van der Waals surface area contributed by atoms with E-state index in [1.54, 1.807) is 0 Å². The highest BCUT2D eigenvalue weighted by Crippen LogP contribution is 2.47. The summed E-state index contributed by atoms with van der Waals surface area (Å²) in [6, 6.07) is 81.6. The molecule has 4 heterocycles. The van der Waals surface area contributed by atoms with Crippen molar-refractivity contribution < 1.29 is 0 Å². The van der Waals surface area contributed by atoms with Crippen LogP contribution in [0.1, 0.15) is 11.1 Å². The molecule has 0 aliphatic carbocycles. The summed E-state index contributed by atoms with van der Waals surface area (Å²) >= 11 is 0. The van der Waals surface area contributed by atoms with Crippen molar-refractivity contribution in [3.05, 3.63) is 230 Å². The smallest absolute Gasteiger partial charge is 0.0991 e. The zero-order valence-corrected chi connectivity index (χ0v) is 36.5. The molecule has 0 amide bonds. The van der Waals surface area contributed by atoms with Gasteiger partial charge in [0.05, 0.1) is 78.8 Å². The van der Waals surface area contributed by atoms with Gasteiger partial charge in [0, 0.05) is 65.6 Å². The van der Waals surface area contributed by atoms with Gasteiger partial charge in [0.1, 0.15) is 0 Å². The van der Waals surface area contributed by atoms with E-state index in [0.29, 0.717) is 11.1 Å². The summed E-state index contributed by atoms with van der Waals surface area (Å²) in [6.07, 6.45) is 0. The summed E-state index contributed by atoms with van der Waals surface area (Å²) in [4.78, 5) is 0. The molecular weight excluding hydrogens is 829 g/mol. The predicted octanol–water partition coefficient (Wildman–Crippen LogP) is 15.5. The SMILES string of the molecule is N#Cc1ccc(-n2c3ccccc3c3c4c5ccccc5n(-c5ccccc5)c4ccc32)c(-c2cc(C#N)ccc2-n2c3ccccc3c3c4c5ccccc5n(-c5ccccc5)c4ccc32)c1. The van der Waals surface area contributed by atoms with Crippen molar-refractivity contribution >= 4 is 87.2 Å². The molecule has 0 atom stereocenters. The minimum Gasteiger partial charge on any atom is -0.309 e. The van der Waals surface area contributed by atoms with Gasteiger partial charge in [-0.2, -0.15) is 10.5 Å². The first kappa shape index (κ1) is 37.7. The van der Waals surface area contributed by atoms with Crippen molar-refractivity contribution in [2.75, 3.05) is 0 Å². The van der Waals surface area contributed by atoms with Gasteiger partial charge in [-0.15, -0.1) is 0 Å². The number of rotatable bonds is 5. The number of nitriles is 2. The minimum absolute atomic E-state index is 0.531. The highest BCUT2D eigenvalue weighted by Gasteiger charge is 2.26. The lowest BCUT2D eigenvalue weighted by Crippen LogP contribution is -2.02. The van der Waals surface area contributed by atoms with Gasteiger partial charge in [-0.25, -0.2) is 0 Å². The average molecular weight is 865 g/mol. The zero-order valence-electron chi connectivity index (χ0n) is 36.5. The molecule has 314 valence electrons. The molecule has 0 bridgehead atoms. The lowest BCUT2D eigenvalue weighted by molar-refractivity contribution is 1.15. The van der Waals surface area contributed by atoms with Crippen molar-refractivity contribution in [3.8, 4) is 46.0 Å². The molecule has 0 spiro atoms. The molecule has 14 aromatic rings. The van der Waals surface area contributed by atoms with Gasteiger partial charge in [0.2, 0.25) is 0 Å².